The van der Waals surface area contributed by atoms with Crippen LogP contribution >= 0.6 is 0 Å². The first-order valence-electron chi connectivity index (χ1n) is 12.3. The molecule has 4 aliphatic heterocycles. The van der Waals surface area contributed by atoms with Crippen LogP contribution in [0.25, 0.3) is 0 Å². The molecule has 4 fully saturated rings. The van der Waals surface area contributed by atoms with Gasteiger partial charge < -0.3 is 53.6 Å². The number of hydrogen-bond donors (Lipinski definition) is 4. The van der Waals surface area contributed by atoms with Crippen LogP contribution in [-0.4, -0.2) is 95.1 Å². The number of hydrogen-bond acceptors (Lipinski definition) is 11. The Kier molecular flexibility index (Phi) is 7.27. The molecule has 11 nitrogen and oxygen atoms in total. The highest BCUT2D eigenvalue weighted by atomic mass is 16.8. The van der Waals surface area contributed by atoms with Crippen LogP contribution in [0.5, 0.6) is 0 Å². The summed E-state index contributed by atoms with van der Waals surface area (Å²) < 4.78 is 40.7. The van der Waals surface area contributed by atoms with Gasteiger partial charge in [-0.15, -0.1) is 0 Å². The Bertz CT molecular complexity index is 940. The van der Waals surface area contributed by atoms with E-state index in [1.165, 1.54) is 0 Å². The lowest BCUT2D eigenvalue weighted by molar-refractivity contribution is -0.412. The molecule has 0 radical (unpaired) electrons. The van der Waals surface area contributed by atoms with Crippen LogP contribution < -0.4 is 0 Å². The van der Waals surface area contributed by atoms with Gasteiger partial charge in [0.05, 0.1) is 13.2 Å². The molecule has 4 saturated heterocycles. The molecule has 2 aromatic carbocycles. The van der Waals surface area contributed by atoms with Crippen LogP contribution in [0, 0.1) is 0 Å². The van der Waals surface area contributed by atoms with Crippen molar-refractivity contribution in [2.45, 2.75) is 74.0 Å². The van der Waals surface area contributed by atoms with Gasteiger partial charge in [-0.1, -0.05) is 60.7 Å². The minimum Gasteiger partial charge on any atom is -0.387 e. The molecule has 0 bridgehead atoms. The van der Waals surface area contributed by atoms with Crippen LogP contribution in [-0.2, 0) is 33.2 Å². The summed E-state index contributed by atoms with van der Waals surface area (Å²) in [5.74, 6) is 0. The number of aliphatic hydroxyl groups is 4. The molecule has 0 aromatic heterocycles. The fourth-order valence-corrected chi connectivity index (χ4v) is 5.07. The molecule has 2 aromatic rings. The lowest BCUT2D eigenvalue weighted by Crippen LogP contribution is -2.66. The molecule has 12 atom stereocenters. The Morgan fingerprint density at radius 2 is 0.946 bits per heavy atom. The highest BCUT2D eigenvalue weighted by Crippen LogP contribution is 2.37. The van der Waals surface area contributed by atoms with Crippen LogP contribution in [0.15, 0.2) is 60.7 Å². The third-order valence-corrected chi connectivity index (χ3v) is 7.08. The van der Waals surface area contributed by atoms with Gasteiger partial charge in [0.2, 0.25) is 0 Å². The molecule has 200 valence electrons. The molecule has 6 rings (SSSR count). The summed E-state index contributed by atoms with van der Waals surface area (Å²) in [5.41, 5.74) is 1.55. The van der Waals surface area contributed by atoms with E-state index in [-0.39, 0.29) is 13.2 Å². The van der Waals surface area contributed by atoms with E-state index in [0.29, 0.717) is 0 Å². The van der Waals surface area contributed by atoms with Crippen molar-refractivity contribution in [2.75, 3.05) is 13.2 Å². The quantitative estimate of drug-likeness (QED) is 0.438. The third-order valence-electron chi connectivity index (χ3n) is 7.08. The Hall–Kier alpha value is -2.00. The molecule has 0 spiro atoms. The van der Waals surface area contributed by atoms with Gasteiger partial charge in [0, 0.05) is 11.1 Å². The fourth-order valence-electron chi connectivity index (χ4n) is 5.07. The van der Waals surface area contributed by atoms with Gasteiger partial charge in [0.15, 0.2) is 25.2 Å². The standard InChI is InChI=1S/C26H30O11/c27-17-19(29)25(33-15-11-31-23(35-21(15)17)13-7-3-1-4-8-13)37-26-20(30)18(28)22-16(34-26)12-32-24(36-22)14-9-5-2-6-10-14/h1-10,15-30H,11-12H2/t15-,16-,17-,18+,19+,20+,21+,22+,23+,24+,25+,26+/m1/s1. The minimum absolute atomic E-state index is 0.0812. The van der Waals surface area contributed by atoms with Crippen molar-refractivity contribution in [3.8, 4) is 0 Å². The zero-order valence-corrected chi connectivity index (χ0v) is 19.8. The highest BCUT2D eigenvalue weighted by Gasteiger charge is 2.53. The predicted molar refractivity (Wildman–Crippen MR) is 122 cm³/mol. The number of benzene rings is 2. The highest BCUT2D eigenvalue weighted by molar-refractivity contribution is 5.17. The van der Waals surface area contributed by atoms with Crippen molar-refractivity contribution in [2.24, 2.45) is 0 Å². The second-order valence-corrected chi connectivity index (χ2v) is 9.54. The van der Waals surface area contributed by atoms with E-state index >= 15 is 0 Å². The van der Waals surface area contributed by atoms with Gasteiger partial charge in [-0.25, -0.2) is 0 Å². The molecule has 0 unspecified atom stereocenters. The first kappa shape index (κ1) is 25.3. The van der Waals surface area contributed by atoms with E-state index < -0.39 is 74.0 Å². The molecule has 4 heterocycles. The van der Waals surface area contributed by atoms with E-state index in [1.807, 2.05) is 60.7 Å². The van der Waals surface area contributed by atoms with Crippen molar-refractivity contribution in [3.63, 3.8) is 0 Å². The maximum absolute atomic E-state index is 10.8. The number of rotatable bonds is 4. The summed E-state index contributed by atoms with van der Waals surface area (Å²) in [6.07, 6.45) is -13.1. The normalized spacial score (nSPS) is 44.0. The average Bonchev–Trinajstić information content (AvgIpc) is 2.95. The van der Waals surface area contributed by atoms with Crippen molar-refractivity contribution in [3.05, 3.63) is 71.8 Å². The molecule has 4 aliphatic rings. The van der Waals surface area contributed by atoms with Gasteiger partial charge >= 0.3 is 0 Å². The largest absolute Gasteiger partial charge is 0.387 e. The van der Waals surface area contributed by atoms with E-state index in [2.05, 4.69) is 0 Å². The molecule has 0 amide bonds. The van der Waals surface area contributed by atoms with Crippen LogP contribution in [0.1, 0.15) is 23.7 Å². The fraction of sp³-hybridized carbons (Fsp3) is 0.538. The molecule has 4 N–H and O–H groups in total. The van der Waals surface area contributed by atoms with Gasteiger partial charge in [-0.3, -0.25) is 0 Å². The zero-order valence-electron chi connectivity index (χ0n) is 19.8. The van der Waals surface area contributed by atoms with Gasteiger partial charge in [0.25, 0.3) is 0 Å². The Morgan fingerprint density at radius 3 is 1.35 bits per heavy atom. The SMILES string of the molecule is O[C@@H]1[C@H](O[C@@H]2O[C@@H]3CO[C@H](c4ccccc4)O[C@@H]3[C@@H](O)[C@@H]2O)O[C@@H]2CO[C@H](c3ccccc3)O[C@@H]2[C@@H]1O. The van der Waals surface area contributed by atoms with E-state index in [0.717, 1.165) is 11.1 Å². The molecule has 0 saturated carbocycles. The lowest BCUT2D eigenvalue weighted by Gasteiger charge is -2.49. The van der Waals surface area contributed by atoms with Crippen molar-refractivity contribution < 1.29 is 53.6 Å². The van der Waals surface area contributed by atoms with E-state index in [9.17, 15) is 20.4 Å². The molecular formula is C26H30O11. The van der Waals surface area contributed by atoms with Gasteiger partial charge in [-0.2, -0.15) is 0 Å². The summed E-state index contributed by atoms with van der Waals surface area (Å²) >= 11 is 0. The van der Waals surface area contributed by atoms with E-state index in [4.69, 9.17) is 33.2 Å². The molecule has 0 aliphatic carbocycles. The predicted octanol–water partition coefficient (Wildman–Crippen LogP) is 0.125. The summed E-state index contributed by atoms with van der Waals surface area (Å²) in [4.78, 5) is 0. The Labute approximate surface area is 213 Å². The van der Waals surface area contributed by atoms with Gasteiger partial charge in [0.1, 0.15) is 48.8 Å². The molecule has 11 heteroatoms. The first-order chi connectivity index (χ1) is 18.0. The smallest absolute Gasteiger partial charge is 0.189 e. The zero-order chi connectivity index (χ0) is 25.5. The van der Waals surface area contributed by atoms with Crippen molar-refractivity contribution in [1.82, 2.24) is 0 Å². The average molecular weight is 519 g/mol. The number of ether oxygens (including phenoxy) is 7. The maximum atomic E-state index is 10.8. The monoisotopic (exact) mass is 518 g/mol. The van der Waals surface area contributed by atoms with E-state index in [1.54, 1.807) is 0 Å². The molecular weight excluding hydrogens is 488 g/mol. The minimum atomic E-state index is -1.51. The van der Waals surface area contributed by atoms with Crippen molar-refractivity contribution in [1.29, 1.82) is 0 Å². The van der Waals surface area contributed by atoms with Gasteiger partial charge in [-0.05, 0) is 0 Å². The topological polar surface area (TPSA) is 146 Å². The second-order valence-electron chi connectivity index (χ2n) is 9.54. The number of fused-ring (bicyclic) bond motifs is 2. The van der Waals surface area contributed by atoms with Crippen molar-refractivity contribution >= 4 is 0 Å². The lowest BCUT2D eigenvalue weighted by atomic mass is 9.96. The summed E-state index contributed by atoms with van der Waals surface area (Å²) in [6, 6.07) is 18.5. The van der Waals surface area contributed by atoms with Crippen LogP contribution in [0.4, 0.5) is 0 Å². The second kappa shape index (κ2) is 10.6. The number of aliphatic hydroxyl groups excluding tert-OH is 4. The summed E-state index contributed by atoms with van der Waals surface area (Å²) in [5, 5.41) is 43.1. The Morgan fingerprint density at radius 1 is 0.541 bits per heavy atom. The Balaban J connectivity index is 1.09. The maximum Gasteiger partial charge on any atom is 0.189 e. The van der Waals surface area contributed by atoms with Crippen LogP contribution in [0.3, 0.4) is 0 Å². The summed E-state index contributed by atoms with van der Waals surface area (Å²) in [6.45, 7) is 0.162. The first-order valence-corrected chi connectivity index (χ1v) is 12.3. The van der Waals surface area contributed by atoms with Crippen LogP contribution in [0.2, 0.25) is 0 Å². The third kappa shape index (κ3) is 4.93. The molecule has 37 heavy (non-hydrogen) atoms. The summed E-state index contributed by atoms with van der Waals surface area (Å²) in [7, 11) is 0.